The summed E-state index contributed by atoms with van der Waals surface area (Å²) in [7, 11) is 1.95. The van der Waals surface area contributed by atoms with E-state index in [2.05, 4.69) is 27.7 Å². The van der Waals surface area contributed by atoms with Gasteiger partial charge in [-0.15, -0.1) is 21.5 Å². The molecule has 154 valence electrons. The van der Waals surface area contributed by atoms with Gasteiger partial charge in [0.05, 0.1) is 10.7 Å². The highest BCUT2D eigenvalue weighted by Crippen LogP contribution is 2.31. The van der Waals surface area contributed by atoms with Crippen molar-refractivity contribution in [1.29, 1.82) is 0 Å². The third-order valence-corrected chi connectivity index (χ3v) is 6.85. The predicted octanol–water partition coefficient (Wildman–Crippen LogP) is 6.33. The number of rotatable bonds is 7. The Balaban J connectivity index is 1.42. The number of hydrogen-bond donors (Lipinski definition) is 0. The van der Waals surface area contributed by atoms with Crippen LogP contribution in [0.1, 0.15) is 30.1 Å². The van der Waals surface area contributed by atoms with Gasteiger partial charge in [-0.05, 0) is 31.5 Å². The summed E-state index contributed by atoms with van der Waals surface area (Å²) in [6.07, 6.45) is -0.278. The van der Waals surface area contributed by atoms with Gasteiger partial charge in [0.2, 0.25) is 0 Å². The van der Waals surface area contributed by atoms with Gasteiger partial charge in [-0.2, -0.15) is 0 Å². The fourth-order valence-corrected chi connectivity index (χ4v) is 4.88. The molecule has 4 aromatic rings. The minimum absolute atomic E-state index is 0.278. The molecule has 2 heterocycles. The molecule has 0 amide bonds. The molecule has 8 heteroatoms. The van der Waals surface area contributed by atoms with E-state index in [0.29, 0.717) is 10.8 Å². The second-order valence-electron chi connectivity index (χ2n) is 6.89. The topological polar surface area (TPSA) is 52.8 Å². The Labute approximate surface area is 189 Å². The maximum absolute atomic E-state index is 6.26. The van der Waals surface area contributed by atoms with Crippen LogP contribution < -0.4 is 4.74 Å². The van der Waals surface area contributed by atoms with Gasteiger partial charge in [-0.3, -0.25) is 0 Å². The Morgan fingerprint density at radius 2 is 1.97 bits per heavy atom. The number of thiazole rings is 1. The molecule has 0 spiro atoms. The lowest BCUT2D eigenvalue weighted by molar-refractivity contribution is 0.211. The van der Waals surface area contributed by atoms with E-state index in [0.717, 1.165) is 38.6 Å². The number of thioether (sulfide) groups is 1. The summed E-state index contributed by atoms with van der Waals surface area (Å²) in [4.78, 5) is 4.74. The summed E-state index contributed by atoms with van der Waals surface area (Å²) < 4.78 is 8.01. The van der Waals surface area contributed by atoms with Crippen molar-refractivity contribution in [2.75, 3.05) is 0 Å². The van der Waals surface area contributed by atoms with Crippen molar-refractivity contribution < 1.29 is 4.74 Å². The molecule has 1 atom stereocenters. The molecule has 5 nitrogen and oxygen atoms in total. The summed E-state index contributed by atoms with van der Waals surface area (Å²) >= 11 is 9.53. The van der Waals surface area contributed by atoms with E-state index in [4.69, 9.17) is 21.3 Å². The van der Waals surface area contributed by atoms with E-state index in [9.17, 15) is 0 Å². The molecule has 0 radical (unpaired) electrons. The first-order valence-electron chi connectivity index (χ1n) is 9.46. The monoisotopic (exact) mass is 456 g/mol. The zero-order valence-electron chi connectivity index (χ0n) is 16.9. The van der Waals surface area contributed by atoms with Crippen LogP contribution in [0.4, 0.5) is 0 Å². The van der Waals surface area contributed by atoms with Gasteiger partial charge in [0, 0.05) is 23.7 Å². The third-order valence-electron chi connectivity index (χ3n) is 4.54. The molecule has 0 N–H and O–H groups in total. The lowest BCUT2D eigenvalue weighted by Gasteiger charge is -2.15. The summed E-state index contributed by atoms with van der Waals surface area (Å²) in [6, 6.07) is 15.9. The number of benzene rings is 2. The SMILES string of the molecule is Cc1ccc(Cl)c(OC(C)c2nnc(SCc3csc(-c4ccccc4)n3)n2C)c1. The lowest BCUT2D eigenvalue weighted by atomic mass is 10.2. The van der Waals surface area contributed by atoms with Crippen molar-refractivity contribution in [3.05, 3.63) is 76.0 Å². The van der Waals surface area contributed by atoms with Gasteiger partial charge < -0.3 is 9.30 Å². The van der Waals surface area contributed by atoms with Crippen LogP contribution in [0.15, 0.2) is 59.1 Å². The Morgan fingerprint density at radius 3 is 2.77 bits per heavy atom. The molecular weight excluding hydrogens is 436 g/mol. The van der Waals surface area contributed by atoms with Crippen LogP contribution in [0.25, 0.3) is 10.6 Å². The van der Waals surface area contributed by atoms with E-state index >= 15 is 0 Å². The Hall–Kier alpha value is -2.35. The van der Waals surface area contributed by atoms with Crippen molar-refractivity contribution in [3.63, 3.8) is 0 Å². The van der Waals surface area contributed by atoms with Crippen LogP contribution >= 0.6 is 34.7 Å². The molecule has 0 aliphatic heterocycles. The normalized spacial score (nSPS) is 12.1. The third kappa shape index (κ3) is 4.69. The molecule has 0 bridgehead atoms. The average molecular weight is 457 g/mol. The molecule has 2 aromatic carbocycles. The van der Waals surface area contributed by atoms with Crippen molar-refractivity contribution in [3.8, 4) is 16.3 Å². The molecule has 30 heavy (non-hydrogen) atoms. The molecule has 0 aliphatic carbocycles. The number of ether oxygens (including phenoxy) is 1. The van der Waals surface area contributed by atoms with Gasteiger partial charge >= 0.3 is 0 Å². The number of halogens is 1. The smallest absolute Gasteiger partial charge is 0.191 e. The molecular formula is C22H21ClN4OS2. The van der Waals surface area contributed by atoms with Gasteiger partial charge in [-0.25, -0.2) is 4.98 Å². The minimum Gasteiger partial charge on any atom is -0.481 e. The minimum atomic E-state index is -0.278. The first-order valence-corrected chi connectivity index (χ1v) is 11.7. The second kappa shape index (κ2) is 9.20. The van der Waals surface area contributed by atoms with Crippen LogP contribution in [0.3, 0.4) is 0 Å². The van der Waals surface area contributed by atoms with E-state index in [1.165, 1.54) is 0 Å². The van der Waals surface area contributed by atoms with E-state index in [1.807, 2.05) is 61.9 Å². The number of nitrogens with zero attached hydrogens (tertiary/aromatic N) is 4. The highest BCUT2D eigenvalue weighted by atomic mass is 35.5. The Kier molecular flexibility index (Phi) is 6.41. The summed E-state index contributed by atoms with van der Waals surface area (Å²) in [5.41, 5.74) is 3.26. The second-order valence-corrected chi connectivity index (χ2v) is 9.10. The molecule has 2 aromatic heterocycles. The average Bonchev–Trinajstić information content (AvgIpc) is 3.36. The number of hydrogen-bond acceptors (Lipinski definition) is 6. The first kappa shape index (κ1) is 20.9. The van der Waals surface area contributed by atoms with E-state index in [-0.39, 0.29) is 6.10 Å². The van der Waals surface area contributed by atoms with Crippen molar-refractivity contribution in [2.24, 2.45) is 7.05 Å². The summed E-state index contributed by atoms with van der Waals surface area (Å²) in [6.45, 7) is 3.95. The van der Waals surface area contributed by atoms with E-state index < -0.39 is 0 Å². The maximum Gasteiger partial charge on any atom is 0.191 e. The van der Waals surface area contributed by atoms with Crippen molar-refractivity contribution in [2.45, 2.75) is 30.9 Å². The van der Waals surface area contributed by atoms with Gasteiger partial charge in [0.25, 0.3) is 0 Å². The zero-order chi connectivity index (χ0) is 21.1. The largest absolute Gasteiger partial charge is 0.481 e. The van der Waals surface area contributed by atoms with Crippen LogP contribution in [0, 0.1) is 6.92 Å². The van der Waals surface area contributed by atoms with Gasteiger partial charge in [-0.1, -0.05) is 59.8 Å². The highest BCUT2D eigenvalue weighted by molar-refractivity contribution is 7.98. The number of aryl methyl sites for hydroxylation is 1. The Morgan fingerprint density at radius 1 is 1.17 bits per heavy atom. The molecule has 0 fully saturated rings. The van der Waals surface area contributed by atoms with Gasteiger partial charge in [0.15, 0.2) is 17.1 Å². The van der Waals surface area contributed by atoms with Crippen LogP contribution in [-0.4, -0.2) is 19.7 Å². The van der Waals surface area contributed by atoms with Gasteiger partial charge in [0.1, 0.15) is 10.8 Å². The highest BCUT2D eigenvalue weighted by Gasteiger charge is 2.19. The zero-order valence-corrected chi connectivity index (χ0v) is 19.3. The molecule has 0 aliphatic rings. The maximum atomic E-state index is 6.26. The quantitative estimate of drug-likeness (QED) is 0.304. The fraction of sp³-hybridized carbons (Fsp3) is 0.227. The summed E-state index contributed by atoms with van der Waals surface area (Å²) in [5, 5.41) is 13.2. The van der Waals surface area contributed by atoms with Crippen LogP contribution in [0.5, 0.6) is 5.75 Å². The molecule has 4 rings (SSSR count). The first-order chi connectivity index (χ1) is 14.5. The fourth-order valence-electron chi connectivity index (χ4n) is 2.97. The summed E-state index contributed by atoms with van der Waals surface area (Å²) in [5.74, 6) is 2.13. The molecule has 1 unspecified atom stereocenters. The van der Waals surface area contributed by atoms with Crippen LogP contribution in [-0.2, 0) is 12.8 Å². The Bertz CT molecular complexity index is 1140. The standard InChI is InChI=1S/C22H21ClN4OS2/c1-14-9-10-18(23)19(11-14)28-15(2)20-25-26-22(27(20)3)30-13-17-12-29-21(24-17)16-7-5-4-6-8-16/h4-12,15H,13H2,1-3H3. The lowest BCUT2D eigenvalue weighted by Crippen LogP contribution is -2.10. The van der Waals surface area contributed by atoms with Crippen molar-refractivity contribution >= 4 is 34.7 Å². The predicted molar refractivity (Wildman–Crippen MR) is 123 cm³/mol. The molecule has 0 saturated heterocycles. The van der Waals surface area contributed by atoms with Crippen LogP contribution in [0.2, 0.25) is 5.02 Å². The van der Waals surface area contributed by atoms with E-state index in [1.54, 1.807) is 23.1 Å². The van der Waals surface area contributed by atoms with Crippen molar-refractivity contribution in [1.82, 2.24) is 19.7 Å². The molecule has 0 saturated carbocycles. The number of aromatic nitrogens is 4.